The van der Waals surface area contributed by atoms with E-state index in [0.29, 0.717) is 6.42 Å². The average molecular weight is 380 g/mol. The highest BCUT2D eigenvalue weighted by Gasteiger charge is 2.34. The van der Waals surface area contributed by atoms with Gasteiger partial charge in [-0.05, 0) is 37.5 Å². The molecule has 1 rings (SSSR count). The molecule has 0 fully saturated rings. The van der Waals surface area contributed by atoms with Crippen LogP contribution in [0, 0.1) is 13.8 Å². The Bertz CT molecular complexity index is 515. The summed E-state index contributed by atoms with van der Waals surface area (Å²) in [4.78, 5) is 12.1. The summed E-state index contributed by atoms with van der Waals surface area (Å²) in [6.45, 7) is 6.08. The molecule has 0 bridgehead atoms. The predicted octanol–water partition coefficient (Wildman–Crippen LogP) is 5.50. The van der Waals surface area contributed by atoms with E-state index < -0.39 is 9.96 Å². The Morgan fingerprint density at radius 3 is 2.48 bits per heavy atom. The third kappa shape index (κ3) is 7.65. The van der Waals surface area contributed by atoms with Gasteiger partial charge in [0.15, 0.2) is 0 Å². The van der Waals surface area contributed by atoms with Gasteiger partial charge in [-0.25, -0.2) is 0 Å². The molecule has 1 aromatic carbocycles. The van der Waals surface area contributed by atoms with Crippen LogP contribution in [0.3, 0.4) is 0 Å². The SMILES string of the molecule is CCCCCCC(=O)NC(Nc1cc(C)ccc1C)C(Cl)(Cl)Cl. The summed E-state index contributed by atoms with van der Waals surface area (Å²) in [5.74, 6) is -0.116. The van der Waals surface area contributed by atoms with Gasteiger partial charge in [-0.2, -0.15) is 0 Å². The van der Waals surface area contributed by atoms with Crippen molar-refractivity contribution in [2.45, 2.75) is 62.8 Å². The standard InChI is InChI=1S/C17H25Cl3N2O/c1-4-5-6-7-8-15(23)22-16(17(18,19)20)21-14-11-12(2)9-10-13(14)3/h9-11,16,21H,4-8H2,1-3H3,(H,22,23). The van der Waals surface area contributed by atoms with Crippen molar-refractivity contribution in [2.75, 3.05) is 5.32 Å². The molecule has 1 unspecified atom stereocenters. The number of hydrogen-bond donors (Lipinski definition) is 2. The summed E-state index contributed by atoms with van der Waals surface area (Å²) < 4.78 is -1.64. The van der Waals surface area contributed by atoms with Crippen LogP contribution in [0.5, 0.6) is 0 Å². The minimum Gasteiger partial charge on any atom is -0.362 e. The fourth-order valence-electron chi connectivity index (χ4n) is 2.19. The number of carbonyl (C=O) groups is 1. The molecule has 0 heterocycles. The Labute approximate surface area is 154 Å². The molecular formula is C17H25Cl3N2O. The second kappa shape index (κ2) is 9.61. The highest BCUT2D eigenvalue weighted by atomic mass is 35.6. The second-order valence-electron chi connectivity index (χ2n) is 5.82. The van der Waals surface area contributed by atoms with Gasteiger partial charge in [0.25, 0.3) is 0 Å². The lowest BCUT2D eigenvalue weighted by Gasteiger charge is -2.28. The molecule has 0 aromatic heterocycles. The predicted molar refractivity (Wildman–Crippen MR) is 101 cm³/mol. The molecule has 0 saturated carbocycles. The van der Waals surface area contributed by atoms with E-state index in [1.807, 2.05) is 32.0 Å². The molecule has 1 atom stereocenters. The smallest absolute Gasteiger partial charge is 0.228 e. The van der Waals surface area contributed by atoms with Crippen LogP contribution in [0.2, 0.25) is 0 Å². The molecule has 2 N–H and O–H groups in total. The quantitative estimate of drug-likeness (QED) is 0.356. The minimum absolute atomic E-state index is 0.116. The molecule has 0 spiro atoms. The summed E-state index contributed by atoms with van der Waals surface area (Å²) >= 11 is 18.1. The van der Waals surface area contributed by atoms with Crippen molar-refractivity contribution in [3.8, 4) is 0 Å². The largest absolute Gasteiger partial charge is 0.362 e. The van der Waals surface area contributed by atoms with Crippen LogP contribution in [0.1, 0.15) is 50.2 Å². The number of amides is 1. The zero-order valence-electron chi connectivity index (χ0n) is 13.9. The first-order valence-corrected chi connectivity index (χ1v) is 9.07. The third-order valence-electron chi connectivity index (χ3n) is 3.58. The number of carbonyl (C=O) groups excluding carboxylic acids is 1. The Morgan fingerprint density at radius 2 is 1.87 bits per heavy atom. The molecular weight excluding hydrogens is 355 g/mol. The van der Waals surface area contributed by atoms with Crippen molar-refractivity contribution < 1.29 is 4.79 Å². The highest BCUT2D eigenvalue weighted by molar-refractivity contribution is 6.68. The molecule has 1 amide bonds. The number of benzene rings is 1. The summed E-state index contributed by atoms with van der Waals surface area (Å²) in [7, 11) is 0. The van der Waals surface area contributed by atoms with E-state index in [-0.39, 0.29) is 5.91 Å². The molecule has 0 radical (unpaired) electrons. The summed E-state index contributed by atoms with van der Waals surface area (Å²) in [5, 5.41) is 5.92. The zero-order valence-corrected chi connectivity index (χ0v) is 16.2. The van der Waals surface area contributed by atoms with Gasteiger partial charge < -0.3 is 10.6 Å². The first-order valence-electron chi connectivity index (χ1n) is 7.94. The lowest BCUT2D eigenvalue weighted by atomic mass is 10.1. The topological polar surface area (TPSA) is 41.1 Å². The first kappa shape index (κ1) is 20.4. The van der Waals surface area contributed by atoms with Gasteiger partial charge in [0, 0.05) is 12.1 Å². The molecule has 3 nitrogen and oxygen atoms in total. The first-order chi connectivity index (χ1) is 10.7. The number of hydrogen-bond acceptors (Lipinski definition) is 2. The van der Waals surface area contributed by atoms with Crippen molar-refractivity contribution in [3.63, 3.8) is 0 Å². The van der Waals surface area contributed by atoms with E-state index in [2.05, 4.69) is 17.6 Å². The molecule has 0 aliphatic carbocycles. The fraction of sp³-hybridized carbons (Fsp3) is 0.588. The highest BCUT2D eigenvalue weighted by Crippen LogP contribution is 2.32. The number of anilines is 1. The van der Waals surface area contributed by atoms with Gasteiger partial charge in [-0.1, -0.05) is 73.1 Å². The van der Waals surface area contributed by atoms with E-state index in [1.54, 1.807) is 0 Å². The maximum atomic E-state index is 12.1. The van der Waals surface area contributed by atoms with Crippen molar-refractivity contribution >= 4 is 46.4 Å². The van der Waals surface area contributed by atoms with Crippen LogP contribution in [0.25, 0.3) is 0 Å². The van der Waals surface area contributed by atoms with Crippen molar-refractivity contribution in [1.82, 2.24) is 5.32 Å². The number of alkyl halides is 3. The monoisotopic (exact) mass is 378 g/mol. The fourth-order valence-corrected chi connectivity index (χ4v) is 2.52. The average Bonchev–Trinajstić information content (AvgIpc) is 2.45. The summed E-state index contributed by atoms with van der Waals surface area (Å²) in [6.07, 6.45) is 3.79. The Hall–Kier alpha value is -0.640. The maximum absolute atomic E-state index is 12.1. The van der Waals surface area contributed by atoms with Gasteiger partial charge in [-0.15, -0.1) is 0 Å². The molecule has 6 heteroatoms. The van der Waals surface area contributed by atoms with E-state index in [9.17, 15) is 4.79 Å². The van der Waals surface area contributed by atoms with Crippen molar-refractivity contribution in [2.24, 2.45) is 0 Å². The summed E-state index contributed by atoms with van der Waals surface area (Å²) in [6, 6.07) is 5.96. The zero-order chi connectivity index (χ0) is 17.5. The van der Waals surface area contributed by atoms with Crippen molar-refractivity contribution in [1.29, 1.82) is 0 Å². The number of halogens is 3. The van der Waals surface area contributed by atoms with Gasteiger partial charge in [0.05, 0.1) is 0 Å². The molecule has 0 aliphatic heterocycles. The van der Waals surface area contributed by atoms with Crippen LogP contribution in [-0.4, -0.2) is 15.9 Å². The Morgan fingerprint density at radius 1 is 1.17 bits per heavy atom. The van der Waals surface area contributed by atoms with E-state index in [4.69, 9.17) is 34.8 Å². The maximum Gasteiger partial charge on any atom is 0.228 e. The van der Waals surface area contributed by atoms with Crippen LogP contribution >= 0.6 is 34.8 Å². The third-order valence-corrected chi connectivity index (χ3v) is 4.24. The lowest BCUT2D eigenvalue weighted by molar-refractivity contribution is -0.121. The van der Waals surface area contributed by atoms with Gasteiger partial charge in [-0.3, -0.25) is 4.79 Å². The van der Waals surface area contributed by atoms with Crippen LogP contribution in [0.4, 0.5) is 5.69 Å². The van der Waals surface area contributed by atoms with Gasteiger partial charge in [0.2, 0.25) is 9.70 Å². The lowest BCUT2D eigenvalue weighted by Crippen LogP contribution is -2.49. The van der Waals surface area contributed by atoms with E-state index in [1.165, 1.54) is 0 Å². The van der Waals surface area contributed by atoms with E-state index >= 15 is 0 Å². The summed E-state index contributed by atoms with van der Waals surface area (Å²) in [5.41, 5.74) is 2.95. The van der Waals surface area contributed by atoms with Gasteiger partial charge >= 0.3 is 0 Å². The minimum atomic E-state index is -1.64. The van der Waals surface area contributed by atoms with Gasteiger partial charge in [0.1, 0.15) is 6.17 Å². The molecule has 130 valence electrons. The second-order valence-corrected chi connectivity index (χ2v) is 8.18. The van der Waals surface area contributed by atoms with Crippen molar-refractivity contribution in [3.05, 3.63) is 29.3 Å². The molecule has 0 saturated heterocycles. The Balaban J connectivity index is 2.70. The molecule has 1 aromatic rings. The van der Waals surface area contributed by atoms with Crippen LogP contribution in [-0.2, 0) is 4.79 Å². The number of unbranched alkanes of at least 4 members (excludes halogenated alkanes) is 3. The number of aryl methyl sites for hydroxylation is 2. The Kier molecular flexibility index (Phi) is 8.52. The van der Waals surface area contributed by atoms with E-state index in [0.717, 1.165) is 42.5 Å². The van der Waals surface area contributed by atoms with Crippen LogP contribution < -0.4 is 10.6 Å². The molecule has 0 aliphatic rings. The van der Waals surface area contributed by atoms with Crippen LogP contribution in [0.15, 0.2) is 18.2 Å². The number of rotatable bonds is 8. The molecule has 23 heavy (non-hydrogen) atoms. The number of nitrogens with one attached hydrogen (secondary N) is 2. The normalized spacial score (nSPS) is 12.8.